The molecule has 3 aliphatic heterocycles. The third-order valence-electron chi connectivity index (χ3n) is 6.22. The summed E-state index contributed by atoms with van der Waals surface area (Å²) in [5, 5.41) is 16.0. The molecule has 8 heteroatoms. The molecule has 0 spiro atoms. The number of aliphatic hydroxyl groups is 1. The lowest BCUT2D eigenvalue weighted by Crippen LogP contribution is -2.58. The third-order valence-corrected chi connectivity index (χ3v) is 8.29. The minimum Gasteiger partial charge on any atom is -0.459 e. The van der Waals surface area contributed by atoms with Gasteiger partial charge in [0.2, 0.25) is 0 Å². The second-order valence-electron chi connectivity index (χ2n) is 8.66. The van der Waals surface area contributed by atoms with Crippen molar-refractivity contribution in [3.05, 3.63) is 33.5 Å². The van der Waals surface area contributed by atoms with Crippen LogP contribution in [0.2, 0.25) is 0 Å². The zero-order valence-corrected chi connectivity index (χ0v) is 19.0. The van der Waals surface area contributed by atoms with Gasteiger partial charge in [0.15, 0.2) is 5.79 Å². The highest BCUT2D eigenvalue weighted by atomic mass is 32.2. The van der Waals surface area contributed by atoms with Crippen molar-refractivity contribution in [2.45, 2.75) is 82.3 Å². The van der Waals surface area contributed by atoms with Gasteiger partial charge in [-0.2, -0.15) is 0 Å². The van der Waals surface area contributed by atoms with E-state index in [1.165, 1.54) is 10.4 Å². The van der Waals surface area contributed by atoms with E-state index >= 15 is 0 Å². The molecule has 1 aromatic rings. The Morgan fingerprint density at radius 3 is 2.83 bits per heavy atom. The molecule has 1 unspecified atom stereocenters. The van der Waals surface area contributed by atoms with E-state index in [1.807, 2.05) is 6.92 Å². The van der Waals surface area contributed by atoms with E-state index < -0.39 is 17.9 Å². The van der Waals surface area contributed by atoms with Crippen LogP contribution in [0.1, 0.15) is 62.3 Å². The fraction of sp³-hybridized carbons (Fsp3) is 0.636. The fourth-order valence-corrected chi connectivity index (χ4v) is 6.50. The zero-order valence-electron chi connectivity index (χ0n) is 17.4. The fourth-order valence-electron chi connectivity index (χ4n) is 4.56. The Morgan fingerprint density at radius 1 is 1.23 bits per heavy atom. The van der Waals surface area contributed by atoms with Gasteiger partial charge in [-0.15, -0.1) is 11.3 Å². The molecule has 3 aliphatic rings. The molecule has 4 heterocycles. The molecule has 164 valence electrons. The molecule has 0 saturated carbocycles. The molecule has 2 fully saturated rings. The standard InChI is InChI=1S/C22H29NO5S2/c1-13-3-5-15-7-8-29-20(15)14(2)4-6-16-10-17(27-19(24)9-13)11-22(26,28-16)18-12-30-21(25)23-18/h7-9,14,16-18,26H,3-6,10-12H2,1-2H3,(H,23,25)/t14-,16+,17+,18?,22+/m0/s1. The lowest BCUT2D eigenvalue weighted by molar-refractivity contribution is -0.283. The molecule has 6 nitrogen and oxygen atoms in total. The van der Waals surface area contributed by atoms with Crippen molar-refractivity contribution in [1.29, 1.82) is 0 Å². The van der Waals surface area contributed by atoms with E-state index in [4.69, 9.17) is 9.47 Å². The van der Waals surface area contributed by atoms with E-state index in [0.29, 0.717) is 18.1 Å². The average molecular weight is 452 g/mol. The van der Waals surface area contributed by atoms with Crippen molar-refractivity contribution >= 4 is 34.3 Å². The Labute approximate surface area is 185 Å². The number of fused-ring (bicyclic) bond motifs is 3. The molecule has 2 saturated heterocycles. The maximum Gasteiger partial charge on any atom is 0.330 e. The summed E-state index contributed by atoms with van der Waals surface area (Å²) in [5.74, 6) is -1.06. The number of allylic oxidation sites excluding steroid dienone is 1. The van der Waals surface area contributed by atoms with Crippen LogP contribution in [0, 0.1) is 0 Å². The topological polar surface area (TPSA) is 84.9 Å². The van der Waals surface area contributed by atoms with Gasteiger partial charge < -0.3 is 19.9 Å². The van der Waals surface area contributed by atoms with Crippen LogP contribution in [0.5, 0.6) is 0 Å². The van der Waals surface area contributed by atoms with Crippen LogP contribution in [0.3, 0.4) is 0 Å². The second-order valence-corrected chi connectivity index (χ2v) is 10.6. The van der Waals surface area contributed by atoms with Crippen LogP contribution in [0.15, 0.2) is 23.1 Å². The van der Waals surface area contributed by atoms with Gasteiger partial charge >= 0.3 is 5.97 Å². The highest BCUT2D eigenvalue weighted by Gasteiger charge is 2.49. The van der Waals surface area contributed by atoms with Crippen molar-refractivity contribution in [3.8, 4) is 0 Å². The van der Waals surface area contributed by atoms with Crippen molar-refractivity contribution < 1.29 is 24.2 Å². The molecule has 4 rings (SSSR count). The van der Waals surface area contributed by atoms with E-state index in [1.54, 1.807) is 17.4 Å². The zero-order chi connectivity index (χ0) is 21.3. The van der Waals surface area contributed by atoms with Gasteiger partial charge in [-0.1, -0.05) is 24.3 Å². The van der Waals surface area contributed by atoms with Gasteiger partial charge in [0.1, 0.15) is 6.10 Å². The van der Waals surface area contributed by atoms with Crippen molar-refractivity contribution in [2.75, 3.05) is 5.75 Å². The normalized spacial score (nSPS) is 35.6. The molecule has 2 N–H and O–H groups in total. The van der Waals surface area contributed by atoms with Crippen LogP contribution < -0.4 is 5.32 Å². The predicted molar refractivity (Wildman–Crippen MR) is 118 cm³/mol. The monoisotopic (exact) mass is 451 g/mol. The first-order valence-electron chi connectivity index (χ1n) is 10.6. The first kappa shape index (κ1) is 21.9. The van der Waals surface area contributed by atoms with Crippen molar-refractivity contribution in [3.63, 3.8) is 0 Å². The number of aryl methyl sites for hydroxylation is 1. The third kappa shape index (κ3) is 4.93. The van der Waals surface area contributed by atoms with Crippen LogP contribution >= 0.6 is 23.1 Å². The summed E-state index contributed by atoms with van der Waals surface area (Å²) >= 11 is 2.93. The van der Waals surface area contributed by atoms with Gasteiger partial charge in [0.25, 0.3) is 5.24 Å². The van der Waals surface area contributed by atoms with E-state index in [2.05, 4.69) is 23.7 Å². The molecule has 30 heavy (non-hydrogen) atoms. The summed E-state index contributed by atoms with van der Waals surface area (Å²) in [6, 6.07) is 1.68. The summed E-state index contributed by atoms with van der Waals surface area (Å²) in [5.41, 5.74) is 2.33. The van der Waals surface area contributed by atoms with E-state index in [-0.39, 0.29) is 23.7 Å². The largest absolute Gasteiger partial charge is 0.459 e. The molecule has 0 aliphatic carbocycles. The highest BCUT2D eigenvalue weighted by Crippen LogP contribution is 2.38. The number of amides is 1. The summed E-state index contributed by atoms with van der Waals surface area (Å²) < 4.78 is 11.9. The van der Waals surface area contributed by atoms with E-state index in [0.717, 1.165) is 43.0 Å². The van der Waals surface area contributed by atoms with Crippen molar-refractivity contribution in [2.24, 2.45) is 0 Å². The van der Waals surface area contributed by atoms with Gasteiger partial charge in [0.05, 0.1) is 12.1 Å². The molecule has 5 atom stereocenters. The number of nitrogens with one attached hydrogen (secondary N) is 1. The molecule has 2 bridgehead atoms. The molecular formula is C22H29NO5S2. The Bertz CT molecular complexity index is 837. The number of carbonyl (C=O) groups is 2. The average Bonchev–Trinajstić information content (AvgIpc) is 3.32. The smallest absolute Gasteiger partial charge is 0.330 e. The number of rotatable bonds is 1. The lowest BCUT2D eigenvalue weighted by Gasteiger charge is -2.43. The molecule has 0 radical (unpaired) electrons. The highest BCUT2D eigenvalue weighted by molar-refractivity contribution is 8.14. The van der Waals surface area contributed by atoms with Gasteiger partial charge in [-0.3, -0.25) is 4.79 Å². The molecule has 1 amide bonds. The van der Waals surface area contributed by atoms with Gasteiger partial charge in [-0.25, -0.2) is 4.79 Å². The van der Waals surface area contributed by atoms with Crippen LogP contribution in [0.4, 0.5) is 4.79 Å². The number of hydrogen-bond donors (Lipinski definition) is 2. The summed E-state index contributed by atoms with van der Waals surface area (Å²) in [6.45, 7) is 4.20. The minimum atomic E-state index is -1.53. The number of thiophene rings is 1. The SMILES string of the molecule is CC1=CC(=O)O[C@@H]2C[C@@H](CC[C@H](C)c3sccc3CC1)O[C@@](O)(C1CSC(=O)N1)C2. The summed E-state index contributed by atoms with van der Waals surface area (Å²) in [4.78, 5) is 25.6. The number of hydrogen-bond acceptors (Lipinski definition) is 7. The van der Waals surface area contributed by atoms with Crippen LogP contribution in [-0.4, -0.2) is 46.1 Å². The molecular weight excluding hydrogens is 422 g/mol. The maximum absolute atomic E-state index is 12.5. The second kappa shape index (κ2) is 9.02. The van der Waals surface area contributed by atoms with Crippen LogP contribution in [0.25, 0.3) is 0 Å². The van der Waals surface area contributed by atoms with Crippen molar-refractivity contribution in [1.82, 2.24) is 5.32 Å². The first-order chi connectivity index (χ1) is 14.3. The summed E-state index contributed by atoms with van der Waals surface area (Å²) in [7, 11) is 0. The minimum absolute atomic E-state index is 0.160. The van der Waals surface area contributed by atoms with Crippen LogP contribution in [-0.2, 0) is 20.7 Å². The first-order valence-corrected chi connectivity index (χ1v) is 12.5. The number of thioether (sulfide) groups is 1. The van der Waals surface area contributed by atoms with Gasteiger partial charge in [-0.05, 0) is 55.5 Å². The Kier molecular flexibility index (Phi) is 6.58. The predicted octanol–water partition coefficient (Wildman–Crippen LogP) is 4.13. The number of ether oxygens (including phenoxy) is 2. The lowest BCUT2D eigenvalue weighted by atomic mass is 9.89. The number of esters is 1. The molecule has 0 aromatic carbocycles. The van der Waals surface area contributed by atoms with Gasteiger partial charge in [0, 0.05) is 29.5 Å². The Morgan fingerprint density at radius 2 is 2.07 bits per heavy atom. The Balaban J connectivity index is 1.58. The Hall–Kier alpha value is -1.35. The maximum atomic E-state index is 12.5. The number of carbonyl (C=O) groups excluding carboxylic acids is 2. The quantitative estimate of drug-likeness (QED) is 0.625. The molecule has 1 aromatic heterocycles. The summed E-state index contributed by atoms with van der Waals surface area (Å²) in [6.07, 6.45) is 5.03. The van der Waals surface area contributed by atoms with E-state index in [9.17, 15) is 14.7 Å².